The summed E-state index contributed by atoms with van der Waals surface area (Å²) in [5.41, 5.74) is 1.63. The van der Waals surface area contributed by atoms with E-state index in [-0.39, 0.29) is 35.5 Å². The standard InChI is InChI=1S/C24H24BrNO6S/c1-3-31-24(28)21-14-20(16-6-8-17(25)9-7-16)19-12-13-22(27)32-23(19)26(21)33(29,30)18-10-4-15(2)5-11-18/h4-11,14,19-20,23H,3,12-13H2,1-2H3/t19-,20-,23-/m1/s1. The second-order valence-electron chi connectivity index (χ2n) is 8.05. The maximum Gasteiger partial charge on any atom is 0.355 e. The molecule has 2 aromatic carbocycles. The Morgan fingerprint density at radius 1 is 1.15 bits per heavy atom. The number of sulfonamides is 1. The summed E-state index contributed by atoms with van der Waals surface area (Å²) in [6, 6.07) is 13.9. The fourth-order valence-corrected chi connectivity index (χ4v) is 6.11. The number of halogens is 1. The second kappa shape index (κ2) is 9.30. The van der Waals surface area contributed by atoms with E-state index in [1.54, 1.807) is 25.1 Å². The number of aryl methyl sites for hydroxylation is 1. The highest BCUT2D eigenvalue weighted by Gasteiger charge is 2.50. The fourth-order valence-electron chi connectivity index (χ4n) is 4.27. The number of ether oxygens (including phenoxy) is 2. The molecule has 0 bridgehead atoms. The van der Waals surface area contributed by atoms with Crippen molar-refractivity contribution >= 4 is 37.9 Å². The van der Waals surface area contributed by atoms with Gasteiger partial charge in [0.1, 0.15) is 5.70 Å². The molecule has 2 heterocycles. The molecule has 9 heteroatoms. The van der Waals surface area contributed by atoms with Crippen LogP contribution in [0.15, 0.2) is 69.7 Å². The number of hydrogen-bond donors (Lipinski definition) is 0. The molecule has 7 nitrogen and oxygen atoms in total. The number of allylic oxidation sites excluding steroid dienone is 1. The smallest absolute Gasteiger partial charge is 0.355 e. The number of hydrogen-bond acceptors (Lipinski definition) is 6. The van der Waals surface area contributed by atoms with E-state index in [1.807, 2.05) is 31.2 Å². The Morgan fingerprint density at radius 2 is 1.82 bits per heavy atom. The monoisotopic (exact) mass is 533 g/mol. The van der Waals surface area contributed by atoms with Gasteiger partial charge in [0, 0.05) is 22.7 Å². The van der Waals surface area contributed by atoms with Gasteiger partial charge in [0.2, 0.25) is 0 Å². The van der Waals surface area contributed by atoms with E-state index in [2.05, 4.69) is 15.9 Å². The Kier molecular flexibility index (Phi) is 6.63. The van der Waals surface area contributed by atoms with Crippen molar-refractivity contribution in [1.29, 1.82) is 0 Å². The molecular weight excluding hydrogens is 510 g/mol. The number of benzene rings is 2. The molecule has 0 spiro atoms. The van der Waals surface area contributed by atoms with Crippen molar-refractivity contribution in [3.63, 3.8) is 0 Å². The molecule has 3 atom stereocenters. The molecule has 174 valence electrons. The van der Waals surface area contributed by atoms with Crippen molar-refractivity contribution < 1.29 is 27.5 Å². The predicted molar refractivity (Wildman–Crippen MR) is 124 cm³/mol. The van der Waals surface area contributed by atoms with E-state index in [0.29, 0.717) is 6.42 Å². The fraction of sp³-hybridized carbons (Fsp3) is 0.333. The molecule has 33 heavy (non-hydrogen) atoms. The molecule has 0 saturated carbocycles. The van der Waals surface area contributed by atoms with Crippen LogP contribution in [0.25, 0.3) is 0 Å². The first-order chi connectivity index (χ1) is 15.7. The zero-order valence-electron chi connectivity index (χ0n) is 18.2. The van der Waals surface area contributed by atoms with E-state index >= 15 is 0 Å². The Morgan fingerprint density at radius 3 is 2.45 bits per heavy atom. The molecule has 0 radical (unpaired) electrons. The molecule has 0 unspecified atom stereocenters. The highest BCUT2D eigenvalue weighted by atomic mass is 79.9. The lowest BCUT2D eigenvalue weighted by Crippen LogP contribution is -2.54. The summed E-state index contributed by atoms with van der Waals surface area (Å²) in [4.78, 5) is 25.3. The van der Waals surface area contributed by atoms with Gasteiger partial charge < -0.3 is 9.47 Å². The predicted octanol–water partition coefficient (Wildman–Crippen LogP) is 4.27. The molecule has 4 rings (SSSR count). The van der Waals surface area contributed by atoms with Crippen molar-refractivity contribution in [2.24, 2.45) is 5.92 Å². The Labute approximate surface area is 201 Å². The zero-order valence-corrected chi connectivity index (χ0v) is 20.6. The van der Waals surface area contributed by atoms with Crippen molar-refractivity contribution in [3.05, 3.63) is 75.9 Å². The number of carbonyl (C=O) groups excluding carboxylic acids is 2. The molecule has 2 aliphatic rings. The molecule has 0 amide bonds. The molecule has 0 aromatic heterocycles. The average Bonchev–Trinajstić information content (AvgIpc) is 2.78. The first-order valence-electron chi connectivity index (χ1n) is 10.7. The molecule has 2 aromatic rings. The molecule has 1 saturated heterocycles. The zero-order chi connectivity index (χ0) is 23.8. The number of carbonyl (C=O) groups is 2. The molecule has 2 aliphatic heterocycles. The Bertz CT molecular complexity index is 1190. The van der Waals surface area contributed by atoms with E-state index in [1.165, 1.54) is 12.1 Å². The summed E-state index contributed by atoms with van der Waals surface area (Å²) in [5.74, 6) is -1.97. The summed E-state index contributed by atoms with van der Waals surface area (Å²) < 4.78 is 40.2. The van der Waals surface area contributed by atoms with Gasteiger partial charge in [-0.05, 0) is 56.2 Å². The minimum atomic E-state index is -4.22. The van der Waals surface area contributed by atoms with Gasteiger partial charge in [-0.3, -0.25) is 4.79 Å². The number of nitrogens with zero attached hydrogens (tertiary/aromatic N) is 1. The van der Waals surface area contributed by atoms with Gasteiger partial charge in [-0.15, -0.1) is 0 Å². The van der Waals surface area contributed by atoms with Crippen molar-refractivity contribution in [2.45, 2.75) is 43.7 Å². The molecule has 0 N–H and O–H groups in total. The normalized spacial score (nSPS) is 22.8. The van der Waals surface area contributed by atoms with Gasteiger partial charge >= 0.3 is 11.9 Å². The summed E-state index contributed by atoms with van der Waals surface area (Å²) >= 11 is 3.42. The van der Waals surface area contributed by atoms with Gasteiger partial charge in [0.15, 0.2) is 6.23 Å². The van der Waals surface area contributed by atoms with Crippen LogP contribution >= 0.6 is 15.9 Å². The maximum absolute atomic E-state index is 13.7. The third kappa shape index (κ3) is 4.56. The third-order valence-corrected chi connectivity index (χ3v) is 8.20. The van der Waals surface area contributed by atoms with Gasteiger partial charge in [0.25, 0.3) is 10.0 Å². The van der Waals surface area contributed by atoms with Gasteiger partial charge in [-0.1, -0.05) is 45.8 Å². The molecular formula is C24H24BrNO6S. The highest BCUT2D eigenvalue weighted by Crippen LogP contribution is 2.45. The Hall–Kier alpha value is -2.65. The summed E-state index contributed by atoms with van der Waals surface area (Å²) in [6.45, 7) is 3.57. The van der Waals surface area contributed by atoms with Crippen LogP contribution in [0.3, 0.4) is 0 Å². The molecule has 0 aliphatic carbocycles. The first-order valence-corrected chi connectivity index (χ1v) is 12.9. The van der Waals surface area contributed by atoms with Crippen LogP contribution in [0, 0.1) is 12.8 Å². The Balaban J connectivity index is 1.89. The van der Waals surface area contributed by atoms with Crippen LogP contribution in [0.1, 0.15) is 36.8 Å². The lowest BCUT2D eigenvalue weighted by Gasteiger charge is -2.45. The van der Waals surface area contributed by atoms with Crippen molar-refractivity contribution in [1.82, 2.24) is 4.31 Å². The lowest BCUT2D eigenvalue weighted by atomic mass is 9.78. The van der Waals surface area contributed by atoms with E-state index in [9.17, 15) is 18.0 Å². The third-order valence-electron chi connectivity index (χ3n) is 5.88. The summed E-state index contributed by atoms with van der Waals surface area (Å²) in [7, 11) is -4.22. The van der Waals surface area contributed by atoms with Crippen LogP contribution in [0.2, 0.25) is 0 Å². The van der Waals surface area contributed by atoms with Crippen LogP contribution in [0.5, 0.6) is 0 Å². The maximum atomic E-state index is 13.7. The van der Waals surface area contributed by atoms with Gasteiger partial charge in [-0.25, -0.2) is 17.5 Å². The minimum Gasteiger partial charge on any atom is -0.461 e. The van der Waals surface area contributed by atoms with Gasteiger partial charge in [-0.2, -0.15) is 0 Å². The van der Waals surface area contributed by atoms with Crippen LogP contribution in [0.4, 0.5) is 0 Å². The number of esters is 2. The summed E-state index contributed by atoms with van der Waals surface area (Å²) in [6.07, 6.45) is 1.08. The summed E-state index contributed by atoms with van der Waals surface area (Å²) in [5, 5.41) is 0. The minimum absolute atomic E-state index is 0.00534. The quantitative estimate of drug-likeness (QED) is 0.533. The van der Waals surface area contributed by atoms with Crippen LogP contribution in [-0.2, 0) is 29.1 Å². The number of fused-ring (bicyclic) bond motifs is 1. The number of rotatable bonds is 5. The largest absolute Gasteiger partial charge is 0.461 e. The topological polar surface area (TPSA) is 90.0 Å². The van der Waals surface area contributed by atoms with Crippen molar-refractivity contribution in [3.8, 4) is 0 Å². The van der Waals surface area contributed by atoms with Crippen LogP contribution in [-0.4, -0.2) is 37.5 Å². The van der Waals surface area contributed by atoms with Crippen molar-refractivity contribution in [2.75, 3.05) is 6.61 Å². The van der Waals surface area contributed by atoms with E-state index in [0.717, 1.165) is 19.9 Å². The van der Waals surface area contributed by atoms with E-state index < -0.39 is 28.2 Å². The SMILES string of the molecule is CCOC(=O)C1=C[C@H](c2ccc(Br)cc2)[C@H]2CCC(=O)O[C@H]2N1S(=O)(=O)c1ccc(C)cc1. The van der Waals surface area contributed by atoms with Gasteiger partial charge in [0.05, 0.1) is 11.5 Å². The lowest BCUT2D eigenvalue weighted by molar-refractivity contribution is -0.170. The van der Waals surface area contributed by atoms with Crippen LogP contribution < -0.4 is 0 Å². The van der Waals surface area contributed by atoms with E-state index in [4.69, 9.17) is 9.47 Å². The highest BCUT2D eigenvalue weighted by molar-refractivity contribution is 9.10. The second-order valence-corrected chi connectivity index (χ2v) is 10.8. The molecule has 1 fully saturated rings. The first kappa shape index (κ1) is 23.5. The average molecular weight is 534 g/mol.